The molecule has 0 saturated carbocycles. The van der Waals surface area contributed by atoms with Gasteiger partial charge in [0, 0.05) is 6.07 Å². The second kappa shape index (κ2) is 2.29. The number of fused-ring (bicyclic) bond motifs is 1. The number of ketones is 1. The van der Waals surface area contributed by atoms with Crippen molar-refractivity contribution >= 4 is 17.4 Å². The van der Waals surface area contributed by atoms with Crippen LogP contribution in [0.4, 0.5) is 10.1 Å². The summed E-state index contributed by atoms with van der Waals surface area (Å²) in [5, 5.41) is 11.1. The third kappa shape index (κ3) is 0.970. The van der Waals surface area contributed by atoms with Crippen LogP contribution < -0.4 is 5.32 Å². The van der Waals surface area contributed by atoms with Crippen LogP contribution in [0.3, 0.4) is 0 Å². The number of rotatable bonds is 0. The molecular weight excluding hydrogens is 177 g/mol. The highest BCUT2D eigenvalue weighted by atomic mass is 19.1. The van der Waals surface area contributed by atoms with Crippen molar-refractivity contribution in [2.75, 3.05) is 5.32 Å². The summed E-state index contributed by atoms with van der Waals surface area (Å²) in [6.07, 6.45) is 0. The largest absolute Gasteiger partial charge is 0.505 e. The molecule has 0 saturated heterocycles. The standard InChI is InChI=1S/C8H4FNO3/c9-4-1-3-5(2-6(4)11)10-8(13)7(3)12/h1-2,11H,(H,10,12,13). The van der Waals surface area contributed by atoms with Crippen LogP contribution >= 0.6 is 0 Å². The van der Waals surface area contributed by atoms with E-state index in [1.54, 1.807) is 0 Å². The van der Waals surface area contributed by atoms with Gasteiger partial charge in [-0.05, 0) is 6.07 Å². The molecule has 66 valence electrons. The lowest BCUT2D eigenvalue weighted by Gasteiger charge is -1.98. The van der Waals surface area contributed by atoms with Crippen molar-refractivity contribution in [1.29, 1.82) is 0 Å². The first-order valence-electron chi connectivity index (χ1n) is 3.48. The minimum atomic E-state index is -0.913. The topological polar surface area (TPSA) is 66.4 Å². The van der Waals surface area contributed by atoms with Gasteiger partial charge >= 0.3 is 0 Å². The van der Waals surface area contributed by atoms with Gasteiger partial charge in [0.25, 0.3) is 11.7 Å². The van der Waals surface area contributed by atoms with Crippen molar-refractivity contribution in [3.05, 3.63) is 23.5 Å². The Morgan fingerprint density at radius 3 is 2.69 bits per heavy atom. The SMILES string of the molecule is O=C1Nc2cc(O)c(F)cc2C1=O. The maximum Gasteiger partial charge on any atom is 0.296 e. The number of aromatic hydroxyl groups is 1. The quantitative estimate of drug-likeness (QED) is 0.578. The van der Waals surface area contributed by atoms with Gasteiger partial charge in [0.1, 0.15) is 0 Å². The fourth-order valence-corrected chi connectivity index (χ4v) is 1.15. The first-order valence-corrected chi connectivity index (χ1v) is 3.48. The number of halogens is 1. The average Bonchev–Trinajstić information content (AvgIpc) is 2.32. The number of amides is 1. The zero-order chi connectivity index (χ0) is 9.59. The molecule has 5 heteroatoms. The van der Waals surface area contributed by atoms with E-state index in [1.165, 1.54) is 0 Å². The predicted molar refractivity (Wildman–Crippen MR) is 41.0 cm³/mol. The number of carbonyl (C=O) groups is 2. The van der Waals surface area contributed by atoms with Gasteiger partial charge < -0.3 is 10.4 Å². The smallest absolute Gasteiger partial charge is 0.296 e. The summed E-state index contributed by atoms with van der Waals surface area (Å²) in [4.78, 5) is 21.8. The van der Waals surface area contributed by atoms with Crippen LogP contribution in [0.1, 0.15) is 10.4 Å². The second-order valence-corrected chi connectivity index (χ2v) is 2.63. The monoisotopic (exact) mass is 181 g/mol. The Hall–Kier alpha value is -1.91. The molecule has 0 bridgehead atoms. The molecule has 0 fully saturated rings. The zero-order valence-electron chi connectivity index (χ0n) is 6.30. The number of hydrogen-bond donors (Lipinski definition) is 2. The molecule has 4 nitrogen and oxygen atoms in total. The molecule has 1 aromatic carbocycles. The Balaban J connectivity index is 2.66. The molecule has 1 aliphatic heterocycles. The molecule has 1 aromatic rings. The maximum absolute atomic E-state index is 12.7. The lowest BCUT2D eigenvalue weighted by atomic mass is 10.1. The first kappa shape index (κ1) is 7.72. The normalized spacial score (nSPS) is 14.2. The van der Waals surface area contributed by atoms with Crippen molar-refractivity contribution in [3.8, 4) is 5.75 Å². The van der Waals surface area contributed by atoms with Gasteiger partial charge in [-0.3, -0.25) is 9.59 Å². The van der Waals surface area contributed by atoms with Gasteiger partial charge in [-0.1, -0.05) is 0 Å². The number of anilines is 1. The van der Waals surface area contributed by atoms with E-state index in [-0.39, 0.29) is 11.3 Å². The number of phenols is 1. The summed E-state index contributed by atoms with van der Waals surface area (Å²) in [7, 11) is 0. The molecule has 13 heavy (non-hydrogen) atoms. The van der Waals surface area contributed by atoms with Crippen LogP contribution in [0, 0.1) is 5.82 Å². The highest BCUT2D eigenvalue weighted by Gasteiger charge is 2.29. The summed E-state index contributed by atoms with van der Waals surface area (Å²) in [6.45, 7) is 0. The zero-order valence-corrected chi connectivity index (χ0v) is 6.30. The van der Waals surface area contributed by atoms with Gasteiger partial charge in [0.15, 0.2) is 11.6 Å². The lowest BCUT2D eigenvalue weighted by Crippen LogP contribution is -2.12. The molecular formula is C8H4FNO3. The molecule has 1 aliphatic rings. The highest BCUT2D eigenvalue weighted by molar-refractivity contribution is 6.51. The lowest BCUT2D eigenvalue weighted by molar-refractivity contribution is -0.112. The molecule has 0 atom stereocenters. The first-order chi connectivity index (χ1) is 6.09. The Bertz CT molecular complexity index is 428. The van der Waals surface area contributed by atoms with E-state index in [0.717, 1.165) is 12.1 Å². The number of hydrogen-bond acceptors (Lipinski definition) is 3. The number of Topliss-reactive ketones (excluding diaryl/α,β-unsaturated/α-hetero) is 1. The Morgan fingerprint density at radius 1 is 1.31 bits per heavy atom. The second-order valence-electron chi connectivity index (χ2n) is 2.63. The minimum Gasteiger partial charge on any atom is -0.505 e. The van der Waals surface area contributed by atoms with Crippen LogP contribution in [0.5, 0.6) is 5.75 Å². The summed E-state index contributed by atoms with van der Waals surface area (Å²) < 4.78 is 12.7. The van der Waals surface area contributed by atoms with E-state index >= 15 is 0 Å². The van der Waals surface area contributed by atoms with Crippen LogP contribution in [-0.2, 0) is 4.79 Å². The molecule has 1 amide bonds. The summed E-state index contributed by atoms with van der Waals surface area (Å²) >= 11 is 0. The highest BCUT2D eigenvalue weighted by Crippen LogP contribution is 2.29. The Kier molecular flexibility index (Phi) is 1.36. The third-order valence-electron chi connectivity index (χ3n) is 1.79. The molecule has 0 aromatic heterocycles. The fraction of sp³-hybridized carbons (Fsp3) is 0. The van der Waals surface area contributed by atoms with Crippen LogP contribution in [0.2, 0.25) is 0 Å². The van der Waals surface area contributed by atoms with E-state index in [4.69, 9.17) is 5.11 Å². The van der Waals surface area contributed by atoms with Crippen molar-refractivity contribution < 1.29 is 19.1 Å². The van der Waals surface area contributed by atoms with Crippen LogP contribution in [0.15, 0.2) is 12.1 Å². The molecule has 0 unspecified atom stereocenters. The molecule has 2 rings (SSSR count). The summed E-state index contributed by atoms with van der Waals surface area (Å²) in [5.74, 6) is -3.09. The van der Waals surface area contributed by atoms with Gasteiger partial charge in [-0.15, -0.1) is 0 Å². The van der Waals surface area contributed by atoms with E-state index < -0.39 is 23.3 Å². The minimum absolute atomic E-state index is 0.0414. The van der Waals surface area contributed by atoms with Crippen LogP contribution in [0.25, 0.3) is 0 Å². The molecule has 2 N–H and O–H groups in total. The molecule has 1 heterocycles. The van der Waals surface area contributed by atoms with E-state index in [0.29, 0.717) is 0 Å². The van der Waals surface area contributed by atoms with E-state index in [9.17, 15) is 14.0 Å². The van der Waals surface area contributed by atoms with E-state index in [2.05, 4.69) is 5.32 Å². The van der Waals surface area contributed by atoms with Gasteiger partial charge in [0.05, 0.1) is 11.3 Å². The van der Waals surface area contributed by atoms with Gasteiger partial charge in [-0.25, -0.2) is 4.39 Å². The summed E-state index contributed by atoms with van der Waals surface area (Å²) in [6, 6.07) is 1.85. The number of benzene rings is 1. The van der Waals surface area contributed by atoms with Crippen molar-refractivity contribution in [2.24, 2.45) is 0 Å². The Labute approximate surface area is 72.0 Å². The number of phenolic OH excluding ortho intramolecular Hbond substituents is 1. The average molecular weight is 181 g/mol. The third-order valence-corrected chi connectivity index (χ3v) is 1.79. The number of nitrogens with one attached hydrogen (secondary N) is 1. The van der Waals surface area contributed by atoms with Gasteiger partial charge in [-0.2, -0.15) is 0 Å². The molecule has 0 radical (unpaired) electrons. The van der Waals surface area contributed by atoms with Crippen molar-refractivity contribution in [2.45, 2.75) is 0 Å². The van der Waals surface area contributed by atoms with Crippen molar-refractivity contribution in [1.82, 2.24) is 0 Å². The summed E-state index contributed by atoms with van der Waals surface area (Å²) in [5.41, 5.74) is 0.106. The molecule has 0 spiro atoms. The predicted octanol–water partition coefficient (Wildman–Crippen LogP) is 0.666. The Morgan fingerprint density at radius 2 is 2.00 bits per heavy atom. The fourth-order valence-electron chi connectivity index (χ4n) is 1.15. The van der Waals surface area contributed by atoms with Crippen LogP contribution in [-0.4, -0.2) is 16.8 Å². The van der Waals surface area contributed by atoms with E-state index in [1.807, 2.05) is 0 Å². The molecule has 0 aliphatic carbocycles. The number of carbonyl (C=O) groups excluding carboxylic acids is 2. The van der Waals surface area contributed by atoms with Gasteiger partial charge in [0.2, 0.25) is 0 Å². The van der Waals surface area contributed by atoms with Crippen molar-refractivity contribution in [3.63, 3.8) is 0 Å². The maximum atomic E-state index is 12.7.